The van der Waals surface area contributed by atoms with Gasteiger partial charge in [-0.25, -0.2) is 0 Å². The Bertz CT molecular complexity index is 1400. The van der Waals surface area contributed by atoms with Gasteiger partial charge in [0.1, 0.15) is 23.7 Å². The molecule has 6 nitrogen and oxygen atoms in total. The summed E-state index contributed by atoms with van der Waals surface area (Å²) in [5.74, 6) is 1.83. The molecule has 3 heterocycles. The lowest BCUT2D eigenvalue weighted by Crippen LogP contribution is -2.38. The Morgan fingerprint density at radius 3 is 2.54 bits per heavy atom. The zero-order valence-electron chi connectivity index (χ0n) is 20.5. The second-order valence-electron chi connectivity index (χ2n) is 9.38. The molecule has 6 rings (SSSR count). The van der Waals surface area contributed by atoms with Crippen LogP contribution in [-0.2, 0) is 11.2 Å². The lowest BCUT2D eigenvalue weighted by atomic mass is 9.95. The van der Waals surface area contributed by atoms with Crippen LogP contribution in [0, 0.1) is 0 Å². The topological polar surface area (TPSA) is 61.1 Å². The Morgan fingerprint density at radius 2 is 1.76 bits per heavy atom. The summed E-state index contributed by atoms with van der Waals surface area (Å²) in [6.07, 6.45) is 1.93. The van der Waals surface area contributed by atoms with Gasteiger partial charge in [0.2, 0.25) is 5.78 Å². The van der Waals surface area contributed by atoms with Crippen molar-refractivity contribution < 1.29 is 23.4 Å². The molecule has 0 saturated carbocycles. The normalized spacial score (nSPS) is 15.8. The van der Waals surface area contributed by atoms with Crippen LogP contribution in [0.25, 0.3) is 22.1 Å². The quantitative estimate of drug-likeness (QED) is 0.253. The molecular formula is C30H28BrNO5. The Morgan fingerprint density at radius 1 is 0.973 bits per heavy atom. The molecule has 0 atom stereocenters. The van der Waals surface area contributed by atoms with E-state index in [1.165, 1.54) is 0 Å². The van der Waals surface area contributed by atoms with Gasteiger partial charge in [0.25, 0.3) is 0 Å². The summed E-state index contributed by atoms with van der Waals surface area (Å²) in [4.78, 5) is 16.0. The largest absolute Gasteiger partial charge is 0.493 e. The van der Waals surface area contributed by atoms with Crippen molar-refractivity contribution in [2.75, 3.05) is 46.1 Å². The van der Waals surface area contributed by atoms with Gasteiger partial charge in [0.05, 0.1) is 19.8 Å². The van der Waals surface area contributed by atoms with Crippen molar-refractivity contribution in [1.82, 2.24) is 4.90 Å². The van der Waals surface area contributed by atoms with E-state index < -0.39 is 0 Å². The SMILES string of the molecule is O=C(c1ccc(Br)cc1)c1oc2cc3c(cc2c1-c1ccc(OCCN2CCOCC2)cc1)CCCO3. The summed E-state index contributed by atoms with van der Waals surface area (Å²) in [5, 5.41) is 0.922. The van der Waals surface area contributed by atoms with Crippen LogP contribution < -0.4 is 9.47 Å². The number of furan rings is 1. The van der Waals surface area contributed by atoms with Crippen LogP contribution in [0.3, 0.4) is 0 Å². The molecule has 190 valence electrons. The van der Waals surface area contributed by atoms with Crippen LogP contribution >= 0.6 is 15.9 Å². The highest BCUT2D eigenvalue weighted by Gasteiger charge is 2.25. The van der Waals surface area contributed by atoms with Crippen molar-refractivity contribution in [2.24, 2.45) is 0 Å². The number of ether oxygens (including phenoxy) is 3. The minimum Gasteiger partial charge on any atom is -0.493 e. The van der Waals surface area contributed by atoms with Crippen LogP contribution in [0.15, 0.2) is 69.6 Å². The molecule has 1 aromatic heterocycles. The molecule has 2 aliphatic heterocycles. The van der Waals surface area contributed by atoms with Crippen LogP contribution in [0.2, 0.25) is 0 Å². The van der Waals surface area contributed by atoms with Crippen molar-refractivity contribution in [1.29, 1.82) is 0 Å². The maximum Gasteiger partial charge on any atom is 0.228 e. The van der Waals surface area contributed by atoms with E-state index in [-0.39, 0.29) is 5.78 Å². The number of halogens is 1. The van der Waals surface area contributed by atoms with Crippen LogP contribution in [0.1, 0.15) is 28.1 Å². The second kappa shape index (κ2) is 10.7. The van der Waals surface area contributed by atoms with E-state index in [9.17, 15) is 4.79 Å². The zero-order valence-corrected chi connectivity index (χ0v) is 22.1. The first-order valence-electron chi connectivity index (χ1n) is 12.7. The molecule has 2 aliphatic rings. The van der Waals surface area contributed by atoms with Crippen LogP contribution in [-0.4, -0.2) is 56.7 Å². The Hall–Kier alpha value is -3.13. The van der Waals surface area contributed by atoms with E-state index in [0.29, 0.717) is 30.1 Å². The lowest BCUT2D eigenvalue weighted by molar-refractivity contribution is 0.0322. The third-order valence-electron chi connectivity index (χ3n) is 6.95. The number of aryl methyl sites for hydroxylation is 1. The summed E-state index contributed by atoms with van der Waals surface area (Å²) in [7, 11) is 0. The van der Waals surface area contributed by atoms with Crippen LogP contribution in [0.5, 0.6) is 11.5 Å². The van der Waals surface area contributed by atoms with Crippen molar-refractivity contribution >= 4 is 32.7 Å². The number of rotatable bonds is 7. The zero-order chi connectivity index (χ0) is 25.2. The average molecular weight is 562 g/mol. The van der Waals surface area contributed by atoms with Gasteiger partial charge >= 0.3 is 0 Å². The average Bonchev–Trinajstić information content (AvgIpc) is 3.31. The van der Waals surface area contributed by atoms with Crippen molar-refractivity contribution in [2.45, 2.75) is 12.8 Å². The van der Waals surface area contributed by atoms with Gasteiger partial charge in [-0.2, -0.15) is 0 Å². The molecular weight excluding hydrogens is 534 g/mol. The number of carbonyl (C=O) groups is 1. The van der Waals surface area contributed by atoms with Crippen molar-refractivity contribution in [3.8, 4) is 22.6 Å². The number of morpholine rings is 1. The highest BCUT2D eigenvalue weighted by Crippen LogP contribution is 2.40. The molecule has 0 unspecified atom stereocenters. The Kier molecular flexibility index (Phi) is 7.00. The van der Waals surface area contributed by atoms with E-state index in [1.807, 2.05) is 54.6 Å². The lowest BCUT2D eigenvalue weighted by Gasteiger charge is -2.26. The van der Waals surface area contributed by atoms with E-state index in [0.717, 1.165) is 83.7 Å². The summed E-state index contributed by atoms with van der Waals surface area (Å²) in [6, 6.07) is 19.3. The molecule has 1 fully saturated rings. The van der Waals surface area contributed by atoms with E-state index in [1.54, 1.807) is 0 Å². The van der Waals surface area contributed by atoms with Crippen molar-refractivity contribution in [3.05, 3.63) is 82.0 Å². The van der Waals surface area contributed by atoms with Gasteiger partial charge in [0.15, 0.2) is 5.76 Å². The molecule has 0 N–H and O–H groups in total. The molecule has 0 aliphatic carbocycles. The van der Waals surface area contributed by atoms with Gasteiger partial charge in [-0.1, -0.05) is 28.1 Å². The predicted molar refractivity (Wildman–Crippen MR) is 146 cm³/mol. The number of benzene rings is 3. The molecule has 7 heteroatoms. The smallest absolute Gasteiger partial charge is 0.228 e. The fourth-order valence-corrected chi connectivity index (χ4v) is 5.22. The third kappa shape index (κ3) is 5.17. The van der Waals surface area contributed by atoms with Gasteiger partial charge < -0.3 is 18.6 Å². The molecule has 3 aromatic carbocycles. The Balaban J connectivity index is 1.32. The van der Waals surface area contributed by atoms with E-state index in [2.05, 4.69) is 26.9 Å². The van der Waals surface area contributed by atoms with E-state index in [4.69, 9.17) is 18.6 Å². The maximum atomic E-state index is 13.6. The van der Waals surface area contributed by atoms with Gasteiger partial charge in [-0.15, -0.1) is 0 Å². The second-order valence-corrected chi connectivity index (χ2v) is 10.3. The highest BCUT2D eigenvalue weighted by molar-refractivity contribution is 9.10. The number of ketones is 1. The highest BCUT2D eigenvalue weighted by atomic mass is 79.9. The fourth-order valence-electron chi connectivity index (χ4n) is 4.96. The molecule has 4 aromatic rings. The van der Waals surface area contributed by atoms with Gasteiger partial charge in [-0.3, -0.25) is 9.69 Å². The monoisotopic (exact) mass is 561 g/mol. The van der Waals surface area contributed by atoms with Crippen LogP contribution in [0.4, 0.5) is 0 Å². The molecule has 0 radical (unpaired) electrons. The standard InChI is InChI=1S/C30H28BrNO5/c31-23-7-3-21(4-8-23)29(33)30-28(25-18-22-2-1-14-36-26(22)19-27(25)37-30)20-5-9-24(10-6-20)35-17-13-32-11-15-34-16-12-32/h3-10,18-19H,1-2,11-17H2. The summed E-state index contributed by atoms with van der Waals surface area (Å²) < 4.78 is 24.4. The molecule has 1 saturated heterocycles. The number of carbonyl (C=O) groups excluding carboxylic acids is 1. The number of hydrogen-bond acceptors (Lipinski definition) is 6. The molecule has 37 heavy (non-hydrogen) atoms. The molecule has 0 bridgehead atoms. The third-order valence-corrected chi connectivity index (χ3v) is 7.48. The van der Waals surface area contributed by atoms with Gasteiger partial charge in [0, 0.05) is 46.7 Å². The fraction of sp³-hybridized carbons (Fsp3) is 0.300. The predicted octanol–water partition coefficient (Wildman–Crippen LogP) is 6.13. The molecule has 0 amide bonds. The first-order valence-corrected chi connectivity index (χ1v) is 13.5. The van der Waals surface area contributed by atoms with Crippen molar-refractivity contribution in [3.63, 3.8) is 0 Å². The first-order chi connectivity index (χ1) is 18.2. The number of fused-ring (bicyclic) bond motifs is 2. The number of nitrogens with zero attached hydrogens (tertiary/aromatic N) is 1. The minimum atomic E-state index is -0.150. The summed E-state index contributed by atoms with van der Waals surface area (Å²) in [5.41, 5.74) is 4.09. The number of hydrogen-bond donors (Lipinski definition) is 0. The first kappa shape index (κ1) is 24.2. The minimum absolute atomic E-state index is 0.150. The summed E-state index contributed by atoms with van der Waals surface area (Å²) >= 11 is 3.45. The maximum absolute atomic E-state index is 13.6. The molecule has 0 spiro atoms. The van der Waals surface area contributed by atoms with Gasteiger partial charge in [-0.05, 0) is 66.4 Å². The summed E-state index contributed by atoms with van der Waals surface area (Å²) in [6.45, 7) is 5.64. The van der Waals surface area contributed by atoms with E-state index >= 15 is 0 Å². The Labute approximate surface area is 224 Å².